The van der Waals surface area contributed by atoms with Gasteiger partial charge in [0.2, 0.25) is 17.7 Å². The minimum atomic E-state index is -0.796. The second-order valence-corrected chi connectivity index (χ2v) is 10.9. The minimum absolute atomic E-state index is 0.000246. The lowest BCUT2D eigenvalue weighted by Gasteiger charge is -2.41. The molecule has 0 spiro atoms. The first kappa shape index (κ1) is 29.3. The summed E-state index contributed by atoms with van der Waals surface area (Å²) in [7, 11) is 0. The SMILES string of the molecule is CC(CC(C(=O)NCCCCCNC(=O)CN)C(C)(C)C)C(C)(CC(C)(C)N)C(N)=O. The molecule has 0 aromatic carbocycles. The molecule has 182 valence electrons. The van der Waals surface area contributed by atoms with Crippen LogP contribution in [0.25, 0.3) is 0 Å². The first-order valence-corrected chi connectivity index (χ1v) is 11.4. The summed E-state index contributed by atoms with van der Waals surface area (Å²) in [6, 6.07) is 0. The first-order valence-electron chi connectivity index (χ1n) is 11.4. The maximum Gasteiger partial charge on any atom is 0.233 e. The number of unbranched alkanes of at least 4 members (excludes halogenated alkanes) is 2. The fourth-order valence-corrected chi connectivity index (χ4v) is 3.98. The largest absolute Gasteiger partial charge is 0.369 e. The van der Waals surface area contributed by atoms with Crippen LogP contribution < -0.4 is 27.8 Å². The topological polar surface area (TPSA) is 153 Å². The Labute approximate surface area is 188 Å². The standard InChI is InChI=1S/C23H47N5O3/c1-16(23(7,20(25)31)15-22(5,6)26)13-17(21(2,3)4)19(30)28-12-10-8-9-11-27-18(29)14-24/h16-17H,8-15,24,26H2,1-7H3,(H2,25,31)(H,27,29)(H,28,30). The van der Waals surface area contributed by atoms with Crippen LogP contribution in [0.2, 0.25) is 0 Å². The number of carbonyl (C=O) groups excluding carboxylic acids is 3. The van der Waals surface area contributed by atoms with Gasteiger partial charge in [-0.1, -0.05) is 34.6 Å². The van der Waals surface area contributed by atoms with Crippen molar-refractivity contribution in [2.45, 2.75) is 86.1 Å². The molecule has 3 atom stereocenters. The zero-order valence-electron chi connectivity index (χ0n) is 20.8. The number of nitrogens with two attached hydrogens (primary N) is 3. The van der Waals surface area contributed by atoms with Crippen molar-refractivity contribution in [1.29, 1.82) is 0 Å². The molecule has 0 aliphatic heterocycles. The Morgan fingerprint density at radius 1 is 0.903 bits per heavy atom. The highest BCUT2D eigenvalue weighted by Gasteiger charge is 2.44. The summed E-state index contributed by atoms with van der Waals surface area (Å²) in [6.07, 6.45) is 3.57. The number of nitrogens with one attached hydrogen (secondary N) is 2. The summed E-state index contributed by atoms with van der Waals surface area (Å²) in [6.45, 7) is 14.9. The van der Waals surface area contributed by atoms with Gasteiger partial charge in [-0.15, -0.1) is 0 Å². The quantitative estimate of drug-likeness (QED) is 0.259. The maximum atomic E-state index is 13.0. The predicted molar refractivity (Wildman–Crippen MR) is 126 cm³/mol. The van der Waals surface area contributed by atoms with E-state index in [0.717, 1.165) is 19.3 Å². The van der Waals surface area contributed by atoms with Gasteiger partial charge in [-0.2, -0.15) is 0 Å². The molecule has 3 amide bonds. The summed E-state index contributed by atoms with van der Waals surface area (Å²) in [4.78, 5) is 36.4. The highest BCUT2D eigenvalue weighted by Crippen LogP contribution is 2.41. The summed E-state index contributed by atoms with van der Waals surface area (Å²) in [5.74, 6) is -0.904. The molecule has 0 saturated heterocycles. The van der Waals surface area contributed by atoms with Gasteiger partial charge in [-0.05, 0) is 57.3 Å². The third-order valence-electron chi connectivity index (χ3n) is 6.08. The monoisotopic (exact) mass is 441 g/mol. The molecule has 0 rings (SSSR count). The van der Waals surface area contributed by atoms with Gasteiger partial charge in [0, 0.05) is 24.5 Å². The molecule has 8 nitrogen and oxygen atoms in total. The Morgan fingerprint density at radius 2 is 1.42 bits per heavy atom. The van der Waals surface area contributed by atoms with E-state index in [1.807, 2.05) is 48.5 Å². The van der Waals surface area contributed by atoms with Crippen LogP contribution in [0.3, 0.4) is 0 Å². The van der Waals surface area contributed by atoms with Crippen LogP contribution in [0, 0.1) is 22.7 Å². The Bertz CT molecular complexity index is 595. The molecular weight excluding hydrogens is 394 g/mol. The van der Waals surface area contributed by atoms with E-state index < -0.39 is 11.0 Å². The molecule has 0 heterocycles. The van der Waals surface area contributed by atoms with Gasteiger partial charge in [0.25, 0.3) is 0 Å². The molecule has 8 N–H and O–H groups in total. The van der Waals surface area contributed by atoms with E-state index in [4.69, 9.17) is 17.2 Å². The molecule has 0 bridgehead atoms. The van der Waals surface area contributed by atoms with E-state index >= 15 is 0 Å². The van der Waals surface area contributed by atoms with Gasteiger partial charge >= 0.3 is 0 Å². The van der Waals surface area contributed by atoms with Crippen molar-refractivity contribution in [2.75, 3.05) is 19.6 Å². The van der Waals surface area contributed by atoms with E-state index in [2.05, 4.69) is 10.6 Å². The van der Waals surface area contributed by atoms with Gasteiger partial charge in [-0.25, -0.2) is 0 Å². The van der Waals surface area contributed by atoms with Crippen molar-refractivity contribution in [3.8, 4) is 0 Å². The minimum Gasteiger partial charge on any atom is -0.369 e. The molecule has 0 aromatic heterocycles. The summed E-state index contributed by atoms with van der Waals surface area (Å²) < 4.78 is 0. The van der Waals surface area contributed by atoms with Crippen LogP contribution in [-0.2, 0) is 14.4 Å². The number of hydrogen-bond donors (Lipinski definition) is 5. The average Bonchev–Trinajstić information content (AvgIpc) is 2.61. The van der Waals surface area contributed by atoms with Gasteiger partial charge in [0.05, 0.1) is 12.0 Å². The fraction of sp³-hybridized carbons (Fsp3) is 0.870. The smallest absolute Gasteiger partial charge is 0.233 e. The Morgan fingerprint density at radius 3 is 1.84 bits per heavy atom. The normalized spacial score (nSPS) is 16.2. The lowest BCUT2D eigenvalue weighted by Crippen LogP contribution is -2.49. The zero-order valence-corrected chi connectivity index (χ0v) is 20.8. The van der Waals surface area contributed by atoms with Crippen LogP contribution in [-0.4, -0.2) is 42.9 Å². The highest BCUT2D eigenvalue weighted by atomic mass is 16.2. The third kappa shape index (κ3) is 11.0. The van der Waals surface area contributed by atoms with Crippen molar-refractivity contribution in [3.05, 3.63) is 0 Å². The first-order chi connectivity index (χ1) is 14.0. The Balaban J connectivity index is 4.90. The van der Waals surface area contributed by atoms with Gasteiger partial charge in [0.1, 0.15) is 0 Å². The van der Waals surface area contributed by atoms with Gasteiger partial charge in [-0.3, -0.25) is 14.4 Å². The molecule has 0 saturated carbocycles. The maximum absolute atomic E-state index is 13.0. The number of amides is 3. The van der Waals surface area contributed by atoms with Crippen LogP contribution in [0.15, 0.2) is 0 Å². The van der Waals surface area contributed by atoms with E-state index in [0.29, 0.717) is 25.9 Å². The molecular formula is C23H47N5O3. The second kappa shape index (κ2) is 12.4. The molecule has 3 unspecified atom stereocenters. The number of hydrogen-bond acceptors (Lipinski definition) is 5. The zero-order chi connectivity index (χ0) is 24.5. The van der Waals surface area contributed by atoms with E-state index in [1.165, 1.54) is 0 Å². The van der Waals surface area contributed by atoms with Crippen LogP contribution >= 0.6 is 0 Å². The molecule has 0 aliphatic carbocycles. The molecule has 0 aliphatic rings. The van der Waals surface area contributed by atoms with Gasteiger partial charge in [0.15, 0.2) is 0 Å². The molecule has 0 radical (unpaired) electrons. The predicted octanol–water partition coefficient (Wildman–Crippen LogP) is 1.66. The van der Waals surface area contributed by atoms with Crippen molar-refractivity contribution < 1.29 is 14.4 Å². The van der Waals surface area contributed by atoms with E-state index in [-0.39, 0.29) is 41.5 Å². The average molecular weight is 442 g/mol. The Hall–Kier alpha value is -1.67. The van der Waals surface area contributed by atoms with E-state index in [1.54, 1.807) is 0 Å². The van der Waals surface area contributed by atoms with E-state index in [9.17, 15) is 14.4 Å². The third-order valence-corrected chi connectivity index (χ3v) is 6.08. The van der Waals surface area contributed by atoms with Crippen LogP contribution in [0.4, 0.5) is 0 Å². The van der Waals surface area contributed by atoms with Crippen molar-refractivity contribution in [2.24, 2.45) is 39.9 Å². The van der Waals surface area contributed by atoms with Crippen LogP contribution in [0.5, 0.6) is 0 Å². The summed E-state index contributed by atoms with van der Waals surface area (Å²) >= 11 is 0. The molecule has 31 heavy (non-hydrogen) atoms. The summed E-state index contributed by atoms with van der Waals surface area (Å²) in [5, 5.41) is 5.78. The number of primary amides is 1. The van der Waals surface area contributed by atoms with Crippen molar-refractivity contribution >= 4 is 17.7 Å². The van der Waals surface area contributed by atoms with Gasteiger partial charge < -0.3 is 27.8 Å². The lowest BCUT2D eigenvalue weighted by atomic mass is 9.64. The van der Waals surface area contributed by atoms with Crippen LogP contribution in [0.1, 0.15) is 80.6 Å². The fourth-order valence-electron chi connectivity index (χ4n) is 3.98. The molecule has 8 heteroatoms. The number of rotatable bonds is 14. The molecule has 0 fully saturated rings. The van der Waals surface area contributed by atoms with Crippen molar-refractivity contribution in [3.63, 3.8) is 0 Å². The van der Waals surface area contributed by atoms with Crippen molar-refractivity contribution in [1.82, 2.24) is 10.6 Å². The second-order valence-electron chi connectivity index (χ2n) is 10.9. The lowest BCUT2D eigenvalue weighted by molar-refractivity contribution is -0.135. The number of carbonyl (C=O) groups is 3. The molecule has 0 aromatic rings. The Kier molecular flexibility index (Phi) is 11.7. The summed E-state index contributed by atoms with van der Waals surface area (Å²) in [5.41, 5.74) is 15.6. The highest BCUT2D eigenvalue weighted by molar-refractivity contribution is 5.82.